The Morgan fingerprint density at radius 3 is 2.55 bits per heavy atom. The van der Waals surface area contributed by atoms with E-state index in [1.54, 1.807) is 16.9 Å². The van der Waals surface area contributed by atoms with Crippen LogP contribution in [0.4, 0.5) is 0 Å². The second kappa shape index (κ2) is 10.2. The first-order valence-electron chi connectivity index (χ1n) is 10.7. The third kappa shape index (κ3) is 5.69. The van der Waals surface area contributed by atoms with Crippen LogP contribution >= 0.6 is 0 Å². The van der Waals surface area contributed by atoms with Crippen LogP contribution in [0.15, 0.2) is 42.6 Å². The van der Waals surface area contributed by atoms with Crippen molar-refractivity contribution in [2.75, 3.05) is 13.2 Å². The number of hydrogen-bond acceptors (Lipinski definition) is 5. The van der Waals surface area contributed by atoms with Crippen LogP contribution in [-0.4, -0.2) is 39.8 Å². The number of carbonyl (C=O) groups is 2. The van der Waals surface area contributed by atoms with Crippen LogP contribution in [0.25, 0.3) is 11.0 Å². The summed E-state index contributed by atoms with van der Waals surface area (Å²) in [6.45, 7) is 8.27. The quantitative estimate of drug-likeness (QED) is 0.415. The van der Waals surface area contributed by atoms with Crippen LogP contribution in [0.1, 0.15) is 67.7 Å². The molecule has 7 nitrogen and oxygen atoms in total. The lowest BCUT2D eigenvalue weighted by Gasteiger charge is -2.12. The summed E-state index contributed by atoms with van der Waals surface area (Å²) in [7, 11) is 0. The highest BCUT2D eigenvalue weighted by molar-refractivity contribution is 6.03. The van der Waals surface area contributed by atoms with E-state index in [-0.39, 0.29) is 24.5 Å². The van der Waals surface area contributed by atoms with Gasteiger partial charge in [0.05, 0.1) is 17.1 Å². The summed E-state index contributed by atoms with van der Waals surface area (Å²) in [4.78, 5) is 29.6. The molecule has 3 aromatic rings. The predicted octanol–water partition coefficient (Wildman–Crippen LogP) is 4.04. The van der Waals surface area contributed by atoms with Gasteiger partial charge in [-0.3, -0.25) is 4.79 Å². The molecule has 3 rings (SSSR count). The van der Waals surface area contributed by atoms with Gasteiger partial charge < -0.3 is 10.1 Å². The minimum Gasteiger partial charge on any atom is -0.452 e. The minimum absolute atomic E-state index is 0.109. The predicted molar refractivity (Wildman–Crippen MR) is 120 cm³/mol. The zero-order chi connectivity index (χ0) is 22.4. The Kier molecular flexibility index (Phi) is 7.39. The lowest BCUT2D eigenvalue weighted by Crippen LogP contribution is -2.29. The van der Waals surface area contributed by atoms with Gasteiger partial charge in [-0.25, -0.2) is 14.5 Å². The molecule has 0 spiro atoms. The molecule has 164 valence electrons. The third-order valence-corrected chi connectivity index (χ3v) is 5.03. The van der Waals surface area contributed by atoms with Gasteiger partial charge in [-0.1, -0.05) is 44.2 Å². The summed E-state index contributed by atoms with van der Waals surface area (Å²) in [5.41, 5.74) is 3.05. The van der Waals surface area contributed by atoms with Gasteiger partial charge in [0.1, 0.15) is 0 Å². The second-order valence-electron chi connectivity index (χ2n) is 8.18. The number of amides is 1. The van der Waals surface area contributed by atoms with E-state index in [2.05, 4.69) is 27.5 Å². The minimum atomic E-state index is -0.544. The van der Waals surface area contributed by atoms with Crippen molar-refractivity contribution in [1.82, 2.24) is 20.1 Å². The molecule has 0 saturated carbocycles. The van der Waals surface area contributed by atoms with Crippen LogP contribution in [-0.2, 0) is 16.0 Å². The van der Waals surface area contributed by atoms with Gasteiger partial charge in [0.15, 0.2) is 12.3 Å². The topological polar surface area (TPSA) is 86.1 Å². The molecule has 1 amide bonds. The molecule has 0 aliphatic rings. The summed E-state index contributed by atoms with van der Waals surface area (Å²) < 4.78 is 7.09. The Bertz CT molecular complexity index is 1040. The smallest absolute Gasteiger partial charge is 0.339 e. The monoisotopic (exact) mass is 422 g/mol. The highest BCUT2D eigenvalue weighted by atomic mass is 16.5. The van der Waals surface area contributed by atoms with E-state index in [0.29, 0.717) is 23.1 Å². The Morgan fingerprint density at radius 1 is 1.13 bits per heavy atom. The number of hydrogen-bond donors (Lipinski definition) is 1. The average molecular weight is 423 g/mol. The summed E-state index contributed by atoms with van der Waals surface area (Å²) in [6, 6.07) is 11.9. The van der Waals surface area contributed by atoms with Crippen molar-refractivity contribution in [2.24, 2.45) is 0 Å². The van der Waals surface area contributed by atoms with Crippen molar-refractivity contribution in [3.8, 4) is 0 Å². The summed E-state index contributed by atoms with van der Waals surface area (Å²) in [6.07, 6.45) is 3.33. The van der Waals surface area contributed by atoms with E-state index in [1.807, 2.05) is 45.9 Å². The molecule has 0 fully saturated rings. The zero-order valence-electron chi connectivity index (χ0n) is 18.6. The Balaban J connectivity index is 1.60. The van der Waals surface area contributed by atoms with Crippen molar-refractivity contribution in [1.29, 1.82) is 0 Å². The van der Waals surface area contributed by atoms with Crippen LogP contribution in [0.2, 0.25) is 0 Å². The number of aryl methyl sites for hydroxylation is 1. The van der Waals surface area contributed by atoms with Gasteiger partial charge in [0.25, 0.3) is 5.91 Å². The molecule has 0 radical (unpaired) electrons. The molecule has 0 aliphatic heterocycles. The van der Waals surface area contributed by atoms with Crippen LogP contribution in [0, 0.1) is 0 Å². The molecular formula is C24H30N4O3. The van der Waals surface area contributed by atoms with Gasteiger partial charge >= 0.3 is 5.97 Å². The number of fused-ring (bicyclic) bond motifs is 1. The molecule has 1 N–H and O–H groups in total. The molecular weight excluding hydrogens is 392 g/mol. The lowest BCUT2D eigenvalue weighted by atomic mass is 10.1. The summed E-state index contributed by atoms with van der Waals surface area (Å²) in [5.74, 6) is -0.718. The van der Waals surface area contributed by atoms with Gasteiger partial charge in [-0.15, -0.1) is 0 Å². The largest absolute Gasteiger partial charge is 0.452 e. The molecule has 1 aromatic carbocycles. The van der Waals surface area contributed by atoms with Crippen LogP contribution in [0.3, 0.4) is 0 Å². The normalized spacial score (nSPS) is 11.3. The zero-order valence-corrected chi connectivity index (χ0v) is 18.6. The maximum Gasteiger partial charge on any atom is 0.339 e. The number of carbonyl (C=O) groups excluding carboxylic acids is 2. The molecule has 2 aromatic heterocycles. The summed E-state index contributed by atoms with van der Waals surface area (Å²) in [5, 5.41) is 7.81. The molecule has 7 heteroatoms. The fourth-order valence-corrected chi connectivity index (χ4v) is 3.30. The maximum absolute atomic E-state index is 12.8. The van der Waals surface area contributed by atoms with Crippen LogP contribution in [0.5, 0.6) is 0 Å². The van der Waals surface area contributed by atoms with Crippen molar-refractivity contribution in [3.05, 3.63) is 59.4 Å². The number of aromatic nitrogens is 3. The third-order valence-electron chi connectivity index (χ3n) is 5.03. The lowest BCUT2D eigenvalue weighted by molar-refractivity contribution is -0.124. The van der Waals surface area contributed by atoms with Crippen molar-refractivity contribution in [2.45, 2.75) is 52.5 Å². The number of nitrogens with one attached hydrogen (secondary N) is 1. The van der Waals surface area contributed by atoms with E-state index < -0.39 is 5.97 Å². The van der Waals surface area contributed by atoms with E-state index in [1.165, 1.54) is 5.56 Å². The first-order valence-corrected chi connectivity index (χ1v) is 10.7. The van der Waals surface area contributed by atoms with E-state index in [9.17, 15) is 9.59 Å². The Morgan fingerprint density at radius 2 is 1.87 bits per heavy atom. The molecule has 2 heterocycles. The molecule has 31 heavy (non-hydrogen) atoms. The first kappa shape index (κ1) is 22.5. The van der Waals surface area contributed by atoms with Gasteiger partial charge in [0, 0.05) is 18.3 Å². The van der Waals surface area contributed by atoms with E-state index in [4.69, 9.17) is 4.74 Å². The van der Waals surface area contributed by atoms with Crippen molar-refractivity contribution >= 4 is 22.9 Å². The molecule has 0 atom stereocenters. The number of esters is 1. The van der Waals surface area contributed by atoms with Crippen molar-refractivity contribution in [3.63, 3.8) is 0 Å². The number of benzene rings is 1. The molecule has 0 bridgehead atoms. The van der Waals surface area contributed by atoms with Crippen LogP contribution < -0.4 is 5.32 Å². The maximum atomic E-state index is 12.8. The number of nitrogens with zero attached hydrogens (tertiary/aromatic N) is 3. The SMILES string of the molecule is CC(C)c1cc(C(=O)OCC(=O)NCCCc2ccccc2)c2cnn(C(C)C)c2n1. The van der Waals surface area contributed by atoms with Gasteiger partial charge in [-0.2, -0.15) is 5.10 Å². The fraction of sp³-hybridized carbons (Fsp3) is 0.417. The highest BCUT2D eigenvalue weighted by Crippen LogP contribution is 2.24. The fourth-order valence-electron chi connectivity index (χ4n) is 3.30. The Hall–Kier alpha value is -3.22. The van der Waals surface area contributed by atoms with Crippen molar-refractivity contribution < 1.29 is 14.3 Å². The average Bonchev–Trinajstić information content (AvgIpc) is 3.19. The Labute approximate surface area is 182 Å². The second-order valence-corrected chi connectivity index (χ2v) is 8.18. The molecule has 0 aliphatic carbocycles. The first-order chi connectivity index (χ1) is 14.9. The summed E-state index contributed by atoms with van der Waals surface area (Å²) >= 11 is 0. The van der Waals surface area contributed by atoms with E-state index in [0.717, 1.165) is 18.5 Å². The highest BCUT2D eigenvalue weighted by Gasteiger charge is 2.20. The number of ether oxygens (including phenoxy) is 1. The van der Waals surface area contributed by atoms with Gasteiger partial charge in [0.2, 0.25) is 0 Å². The molecule has 0 unspecified atom stereocenters. The van der Waals surface area contributed by atoms with Gasteiger partial charge in [-0.05, 0) is 44.2 Å². The standard InChI is InChI=1S/C24H30N4O3/c1-16(2)21-13-19(20-14-26-28(17(3)4)23(20)27-21)24(30)31-15-22(29)25-12-8-11-18-9-6-5-7-10-18/h5-7,9-10,13-14,16-17H,8,11-12,15H2,1-4H3,(H,25,29). The molecule has 0 saturated heterocycles. The number of rotatable bonds is 9. The van der Waals surface area contributed by atoms with E-state index >= 15 is 0 Å². The number of pyridine rings is 1.